The van der Waals surface area contributed by atoms with Gasteiger partial charge in [-0.3, -0.25) is 4.79 Å². The summed E-state index contributed by atoms with van der Waals surface area (Å²) in [6.45, 7) is 2.95. The zero-order chi connectivity index (χ0) is 13.3. The fourth-order valence-electron chi connectivity index (χ4n) is 1.92. The Bertz CT molecular complexity index is 377. The summed E-state index contributed by atoms with van der Waals surface area (Å²) in [4.78, 5) is 22.5. The summed E-state index contributed by atoms with van der Waals surface area (Å²) in [5.41, 5.74) is 0. The molecule has 100 valence electrons. The number of aliphatic hydroxyl groups is 1. The first-order chi connectivity index (χ1) is 8.47. The number of cyclic esters (lactones) is 1. The van der Waals surface area contributed by atoms with E-state index in [0.717, 1.165) is 0 Å². The zero-order valence-electron chi connectivity index (χ0n) is 10.2. The van der Waals surface area contributed by atoms with E-state index >= 15 is 0 Å². The third-order valence-corrected chi connectivity index (χ3v) is 2.84. The molecule has 2 aliphatic heterocycles. The molecule has 1 saturated heterocycles. The van der Waals surface area contributed by atoms with E-state index in [1.807, 2.05) is 0 Å². The van der Waals surface area contributed by atoms with Crippen molar-refractivity contribution in [2.75, 3.05) is 0 Å². The van der Waals surface area contributed by atoms with Crippen LogP contribution in [-0.4, -0.2) is 47.6 Å². The number of carbonyl (C=O) groups excluding carboxylic acids is 2. The number of epoxide rings is 1. The molecule has 0 aromatic heterocycles. The molecule has 6 nitrogen and oxygen atoms in total. The first-order valence-electron chi connectivity index (χ1n) is 5.87. The van der Waals surface area contributed by atoms with Crippen LogP contribution < -0.4 is 0 Å². The van der Waals surface area contributed by atoms with Crippen molar-refractivity contribution in [1.29, 1.82) is 0 Å². The van der Waals surface area contributed by atoms with Crippen molar-refractivity contribution in [1.82, 2.24) is 0 Å². The van der Waals surface area contributed by atoms with E-state index in [4.69, 9.17) is 14.2 Å². The first kappa shape index (κ1) is 13.0. The second-order valence-corrected chi connectivity index (χ2v) is 4.53. The molecule has 2 unspecified atom stereocenters. The molecule has 1 N–H and O–H groups in total. The van der Waals surface area contributed by atoms with Crippen molar-refractivity contribution in [2.45, 2.75) is 50.8 Å². The van der Waals surface area contributed by atoms with Gasteiger partial charge in [0.2, 0.25) is 0 Å². The summed E-state index contributed by atoms with van der Waals surface area (Å²) in [5, 5.41) is 9.90. The van der Waals surface area contributed by atoms with Crippen LogP contribution in [0.25, 0.3) is 0 Å². The average Bonchev–Trinajstić information content (AvgIpc) is 3.02. The van der Waals surface area contributed by atoms with Gasteiger partial charge in [-0.25, -0.2) is 4.79 Å². The van der Waals surface area contributed by atoms with Gasteiger partial charge in [-0.15, -0.1) is 0 Å². The maximum absolute atomic E-state index is 11.5. The van der Waals surface area contributed by atoms with Crippen molar-refractivity contribution < 1.29 is 28.9 Å². The molecule has 0 spiro atoms. The molecule has 0 aliphatic carbocycles. The molecule has 0 aromatic carbocycles. The second kappa shape index (κ2) is 5.07. The molecular weight excluding hydrogens is 240 g/mol. The molecule has 6 heteroatoms. The highest BCUT2D eigenvalue weighted by atomic mass is 16.6. The van der Waals surface area contributed by atoms with E-state index in [1.54, 1.807) is 13.0 Å². The second-order valence-electron chi connectivity index (χ2n) is 4.53. The van der Waals surface area contributed by atoms with Crippen molar-refractivity contribution in [3.8, 4) is 0 Å². The summed E-state index contributed by atoms with van der Waals surface area (Å²) in [5.74, 6) is -0.904. The maximum Gasteiger partial charge on any atom is 0.338 e. The summed E-state index contributed by atoms with van der Waals surface area (Å²) in [7, 11) is 0. The van der Waals surface area contributed by atoms with Gasteiger partial charge in [0, 0.05) is 13.3 Å². The first-order valence-corrected chi connectivity index (χ1v) is 5.87. The molecule has 0 saturated carbocycles. The molecule has 0 radical (unpaired) electrons. The number of hydrogen-bond donors (Lipinski definition) is 1. The van der Waals surface area contributed by atoms with Crippen LogP contribution in [0.1, 0.15) is 20.3 Å². The van der Waals surface area contributed by atoms with Crippen molar-refractivity contribution in [2.24, 2.45) is 0 Å². The summed E-state index contributed by atoms with van der Waals surface area (Å²) >= 11 is 0. The molecular formula is C12H16O6. The highest BCUT2D eigenvalue weighted by molar-refractivity contribution is 5.78. The molecule has 0 aromatic rings. The smallest absolute Gasteiger partial charge is 0.338 e. The van der Waals surface area contributed by atoms with E-state index in [0.29, 0.717) is 0 Å². The third-order valence-electron chi connectivity index (χ3n) is 2.84. The van der Waals surface area contributed by atoms with Gasteiger partial charge in [0.05, 0.1) is 0 Å². The Kier molecular flexibility index (Phi) is 3.68. The number of carbonyl (C=O) groups is 2. The van der Waals surface area contributed by atoms with Crippen LogP contribution in [0.2, 0.25) is 0 Å². The number of esters is 2. The minimum Gasteiger partial charge on any atom is -0.461 e. The average molecular weight is 256 g/mol. The van der Waals surface area contributed by atoms with Crippen LogP contribution >= 0.6 is 0 Å². The van der Waals surface area contributed by atoms with Crippen LogP contribution in [0.5, 0.6) is 0 Å². The fraction of sp³-hybridized carbons (Fsp3) is 0.667. The molecule has 2 rings (SSSR count). The Morgan fingerprint density at radius 2 is 2.22 bits per heavy atom. The lowest BCUT2D eigenvalue weighted by Gasteiger charge is -2.24. The molecule has 0 bridgehead atoms. The van der Waals surface area contributed by atoms with Gasteiger partial charge in [0.25, 0.3) is 0 Å². The third kappa shape index (κ3) is 3.08. The molecule has 18 heavy (non-hydrogen) atoms. The Morgan fingerprint density at radius 1 is 1.50 bits per heavy atom. The standard InChI is InChI=1S/C12H16O6/c1-6-5-10(17-7(2)13)8(14)3-4-9-11(18-9)12(15)16-6/h3-4,6,8-11,14H,5H2,1-2H3/b4-3+/t6-,8+,9?,10-,11?/m0/s1. The largest absolute Gasteiger partial charge is 0.461 e. The fourth-order valence-corrected chi connectivity index (χ4v) is 1.92. The Balaban J connectivity index is 2.10. The van der Waals surface area contributed by atoms with E-state index in [9.17, 15) is 14.7 Å². The normalized spacial score (nSPS) is 41.3. The van der Waals surface area contributed by atoms with Crippen LogP contribution in [0.4, 0.5) is 0 Å². The highest BCUT2D eigenvalue weighted by Gasteiger charge is 2.46. The van der Waals surface area contributed by atoms with Gasteiger partial charge in [-0.2, -0.15) is 0 Å². The van der Waals surface area contributed by atoms with Gasteiger partial charge in [-0.05, 0) is 6.92 Å². The topological polar surface area (TPSA) is 85.4 Å². The SMILES string of the molecule is CC(=O)O[C@H]1C[C@H](C)OC(=O)C2OC2/C=C/[C@H]1O. The minimum atomic E-state index is -0.932. The van der Waals surface area contributed by atoms with Crippen LogP contribution in [0, 0.1) is 0 Å². The molecule has 2 aliphatic rings. The number of rotatable bonds is 1. The van der Waals surface area contributed by atoms with E-state index in [1.165, 1.54) is 13.0 Å². The zero-order valence-corrected chi connectivity index (χ0v) is 10.2. The maximum atomic E-state index is 11.5. The highest BCUT2D eigenvalue weighted by Crippen LogP contribution is 2.27. The monoisotopic (exact) mass is 256 g/mol. The Hall–Kier alpha value is -1.40. The van der Waals surface area contributed by atoms with Crippen LogP contribution in [-0.2, 0) is 23.8 Å². The molecule has 1 fully saturated rings. The number of ether oxygens (including phenoxy) is 3. The number of aliphatic hydroxyl groups excluding tert-OH is 1. The van der Waals surface area contributed by atoms with Crippen molar-refractivity contribution in [3.05, 3.63) is 12.2 Å². The van der Waals surface area contributed by atoms with Gasteiger partial charge < -0.3 is 19.3 Å². The lowest BCUT2D eigenvalue weighted by atomic mass is 10.1. The van der Waals surface area contributed by atoms with Gasteiger partial charge in [0.1, 0.15) is 24.4 Å². The van der Waals surface area contributed by atoms with Crippen molar-refractivity contribution >= 4 is 11.9 Å². The number of hydrogen-bond acceptors (Lipinski definition) is 6. The Labute approximate surface area is 105 Å². The van der Waals surface area contributed by atoms with Gasteiger partial charge in [0.15, 0.2) is 6.10 Å². The molecule has 0 amide bonds. The summed E-state index contributed by atoms with van der Waals surface area (Å²) in [6.07, 6.45) is 0.292. The van der Waals surface area contributed by atoms with Crippen LogP contribution in [0.3, 0.4) is 0 Å². The van der Waals surface area contributed by atoms with Crippen molar-refractivity contribution in [3.63, 3.8) is 0 Å². The van der Waals surface area contributed by atoms with E-state index < -0.39 is 36.4 Å². The molecule has 2 heterocycles. The lowest BCUT2D eigenvalue weighted by molar-refractivity contribution is -0.157. The summed E-state index contributed by atoms with van der Waals surface area (Å²) < 4.78 is 15.3. The Morgan fingerprint density at radius 3 is 2.89 bits per heavy atom. The quantitative estimate of drug-likeness (QED) is 0.402. The number of fused-ring (bicyclic) bond motifs is 1. The predicted molar refractivity (Wildman–Crippen MR) is 59.5 cm³/mol. The molecule has 5 atom stereocenters. The lowest BCUT2D eigenvalue weighted by Crippen LogP contribution is -2.35. The van der Waals surface area contributed by atoms with Crippen LogP contribution in [0.15, 0.2) is 12.2 Å². The van der Waals surface area contributed by atoms with E-state index in [2.05, 4.69) is 0 Å². The predicted octanol–water partition coefficient (Wildman–Crippen LogP) is -0.0620. The summed E-state index contributed by atoms with van der Waals surface area (Å²) in [6, 6.07) is 0. The van der Waals surface area contributed by atoms with Gasteiger partial charge in [-0.1, -0.05) is 12.2 Å². The van der Waals surface area contributed by atoms with E-state index in [-0.39, 0.29) is 12.5 Å². The minimum absolute atomic E-state index is 0.244. The van der Waals surface area contributed by atoms with Gasteiger partial charge >= 0.3 is 11.9 Å².